The van der Waals surface area contributed by atoms with Gasteiger partial charge in [-0.2, -0.15) is 18.4 Å². The Morgan fingerprint density at radius 3 is 2.81 bits per heavy atom. The number of rotatable bonds is 2. The molecule has 2 aromatic rings. The number of ether oxygens (including phenoxy) is 1. The highest BCUT2D eigenvalue weighted by Gasteiger charge is 2.31. The van der Waals surface area contributed by atoms with Gasteiger partial charge in [0.2, 0.25) is 0 Å². The number of nitrogens with one attached hydrogen (secondary N) is 1. The number of aromatic nitrogens is 1. The molecule has 27 heavy (non-hydrogen) atoms. The summed E-state index contributed by atoms with van der Waals surface area (Å²) < 4.78 is 43.4. The van der Waals surface area contributed by atoms with Crippen molar-refractivity contribution in [1.29, 1.82) is 5.26 Å². The van der Waals surface area contributed by atoms with Crippen LogP contribution < -0.4 is 5.32 Å². The van der Waals surface area contributed by atoms with E-state index >= 15 is 0 Å². The van der Waals surface area contributed by atoms with Gasteiger partial charge < -0.3 is 9.64 Å². The molecule has 140 valence electrons. The molecular formula is C18H15F3N4O2. The molecule has 1 aromatic heterocycles. The number of hydrogen-bond acceptors (Lipinski definition) is 4. The zero-order valence-electron chi connectivity index (χ0n) is 14.0. The van der Waals surface area contributed by atoms with Gasteiger partial charge in [-0.3, -0.25) is 5.32 Å². The third kappa shape index (κ3) is 4.54. The number of nitrogens with zero attached hydrogens (tertiary/aromatic N) is 3. The highest BCUT2D eigenvalue weighted by atomic mass is 19.4. The standard InChI is InChI=1S/C18H15F3N4O2/c19-18(20,21)14-4-5-16(23-10-14)24-17(26)25-6-7-27-15(11-25)13-3-1-2-12(8-13)9-22/h1-5,8,10,15H,6-7,11H2,(H,23,24,26). The zero-order chi connectivity index (χ0) is 19.4. The summed E-state index contributed by atoms with van der Waals surface area (Å²) in [5, 5.41) is 11.5. The fourth-order valence-electron chi connectivity index (χ4n) is 2.67. The van der Waals surface area contributed by atoms with Crippen LogP contribution in [-0.2, 0) is 10.9 Å². The number of carbonyl (C=O) groups excluding carboxylic acids is 1. The molecule has 1 aliphatic heterocycles. The first-order valence-corrected chi connectivity index (χ1v) is 8.07. The lowest BCUT2D eigenvalue weighted by Crippen LogP contribution is -2.44. The van der Waals surface area contributed by atoms with Crippen LogP contribution in [0.3, 0.4) is 0 Å². The van der Waals surface area contributed by atoms with Crippen LogP contribution in [0.15, 0.2) is 42.6 Å². The third-order valence-corrected chi connectivity index (χ3v) is 4.07. The number of alkyl halides is 3. The Kier molecular flexibility index (Phi) is 5.28. The molecular weight excluding hydrogens is 361 g/mol. The number of anilines is 1. The van der Waals surface area contributed by atoms with Crippen LogP contribution in [0.1, 0.15) is 22.8 Å². The van der Waals surface area contributed by atoms with Crippen molar-refractivity contribution in [3.8, 4) is 6.07 Å². The lowest BCUT2D eigenvalue weighted by atomic mass is 10.1. The minimum absolute atomic E-state index is 0.0301. The molecule has 0 spiro atoms. The molecule has 1 saturated heterocycles. The summed E-state index contributed by atoms with van der Waals surface area (Å²) in [6.07, 6.45) is -4.20. The number of carbonyl (C=O) groups is 1. The molecule has 2 amide bonds. The average Bonchev–Trinajstić information content (AvgIpc) is 2.68. The predicted octanol–water partition coefficient (Wildman–Crippen LogP) is 3.58. The van der Waals surface area contributed by atoms with E-state index in [1.54, 1.807) is 18.2 Å². The summed E-state index contributed by atoms with van der Waals surface area (Å²) >= 11 is 0. The van der Waals surface area contributed by atoms with Gasteiger partial charge in [0, 0.05) is 12.7 Å². The minimum atomic E-state index is -4.48. The fourth-order valence-corrected chi connectivity index (χ4v) is 2.67. The molecule has 1 fully saturated rings. The van der Waals surface area contributed by atoms with Crippen LogP contribution >= 0.6 is 0 Å². The molecule has 0 radical (unpaired) electrons. The maximum atomic E-state index is 12.6. The smallest absolute Gasteiger partial charge is 0.370 e. The number of pyridine rings is 1. The number of benzene rings is 1. The minimum Gasteiger partial charge on any atom is -0.370 e. The monoisotopic (exact) mass is 376 g/mol. The highest BCUT2D eigenvalue weighted by molar-refractivity contribution is 5.88. The van der Waals surface area contributed by atoms with Crippen molar-refractivity contribution in [2.45, 2.75) is 12.3 Å². The molecule has 0 aliphatic carbocycles. The molecule has 6 nitrogen and oxygen atoms in total. The Balaban J connectivity index is 1.65. The van der Waals surface area contributed by atoms with Crippen LogP contribution in [-0.4, -0.2) is 35.6 Å². The second-order valence-corrected chi connectivity index (χ2v) is 5.90. The summed E-state index contributed by atoms with van der Waals surface area (Å²) in [5.74, 6) is 0.0301. The van der Waals surface area contributed by atoms with E-state index in [-0.39, 0.29) is 12.4 Å². The lowest BCUT2D eigenvalue weighted by Gasteiger charge is -2.33. The highest BCUT2D eigenvalue weighted by Crippen LogP contribution is 2.29. The number of nitriles is 1. The van der Waals surface area contributed by atoms with Crippen LogP contribution in [0.5, 0.6) is 0 Å². The topological polar surface area (TPSA) is 78.3 Å². The van der Waals surface area contributed by atoms with Crippen LogP contribution in [0.2, 0.25) is 0 Å². The first-order chi connectivity index (χ1) is 12.9. The van der Waals surface area contributed by atoms with Crippen molar-refractivity contribution in [2.75, 3.05) is 25.0 Å². The van der Waals surface area contributed by atoms with E-state index in [1.165, 1.54) is 4.90 Å². The summed E-state index contributed by atoms with van der Waals surface area (Å²) in [4.78, 5) is 17.5. The molecule has 1 aliphatic rings. The molecule has 1 atom stereocenters. The maximum Gasteiger partial charge on any atom is 0.417 e. The molecule has 0 bridgehead atoms. The van der Waals surface area contributed by atoms with Gasteiger partial charge in [0.25, 0.3) is 0 Å². The molecule has 1 unspecified atom stereocenters. The number of halogens is 3. The van der Waals surface area contributed by atoms with Crippen molar-refractivity contribution in [1.82, 2.24) is 9.88 Å². The van der Waals surface area contributed by atoms with Crippen molar-refractivity contribution in [2.24, 2.45) is 0 Å². The number of amides is 2. The Morgan fingerprint density at radius 1 is 1.33 bits per heavy atom. The van der Waals surface area contributed by atoms with E-state index in [0.717, 1.165) is 17.7 Å². The van der Waals surface area contributed by atoms with Gasteiger partial charge in [0.15, 0.2) is 0 Å². The van der Waals surface area contributed by atoms with Gasteiger partial charge in [-0.05, 0) is 29.8 Å². The van der Waals surface area contributed by atoms with Gasteiger partial charge in [-0.1, -0.05) is 12.1 Å². The second-order valence-electron chi connectivity index (χ2n) is 5.90. The zero-order valence-corrected chi connectivity index (χ0v) is 14.0. The van der Waals surface area contributed by atoms with Crippen molar-refractivity contribution < 1.29 is 22.7 Å². The Morgan fingerprint density at radius 2 is 2.15 bits per heavy atom. The summed E-state index contributed by atoms with van der Waals surface area (Å²) in [6.45, 7) is 0.886. The first kappa shape index (κ1) is 18.7. The summed E-state index contributed by atoms with van der Waals surface area (Å²) in [5.41, 5.74) is 0.384. The second kappa shape index (κ2) is 7.63. The number of urea groups is 1. The normalized spacial score (nSPS) is 17.3. The van der Waals surface area contributed by atoms with Crippen molar-refractivity contribution >= 4 is 11.8 Å². The van der Waals surface area contributed by atoms with E-state index in [1.807, 2.05) is 6.07 Å². The first-order valence-electron chi connectivity index (χ1n) is 8.07. The molecule has 1 N–H and O–H groups in total. The largest absolute Gasteiger partial charge is 0.417 e. The van der Waals surface area contributed by atoms with Gasteiger partial charge in [-0.25, -0.2) is 9.78 Å². The fraction of sp³-hybridized carbons (Fsp3) is 0.278. The van der Waals surface area contributed by atoms with Gasteiger partial charge in [-0.15, -0.1) is 0 Å². The SMILES string of the molecule is N#Cc1cccc(C2CN(C(=O)Nc3ccc(C(F)(F)F)cn3)CCO2)c1. The maximum absolute atomic E-state index is 12.6. The average molecular weight is 376 g/mol. The van der Waals surface area contributed by atoms with Crippen LogP contribution in [0, 0.1) is 11.3 Å². The van der Waals surface area contributed by atoms with Crippen LogP contribution in [0.4, 0.5) is 23.8 Å². The van der Waals surface area contributed by atoms with E-state index in [4.69, 9.17) is 10.00 Å². The molecule has 1 aromatic carbocycles. The quantitative estimate of drug-likeness (QED) is 0.869. The van der Waals surface area contributed by atoms with E-state index in [9.17, 15) is 18.0 Å². The molecule has 2 heterocycles. The molecule has 9 heteroatoms. The number of morpholine rings is 1. The van der Waals surface area contributed by atoms with Crippen molar-refractivity contribution in [3.63, 3.8) is 0 Å². The lowest BCUT2D eigenvalue weighted by molar-refractivity contribution is -0.137. The van der Waals surface area contributed by atoms with E-state index in [2.05, 4.69) is 16.4 Å². The van der Waals surface area contributed by atoms with E-state index in [0.29, 0.717) is 24.9 Å². The van der Waals surface area contributed by atoms with Gasteiger partial charge in [0.05, 0.1) is 30.3 Å². The number of hydrogen-bond donors (Lipinski definition) is 1. The summed E-state index contributed by atoms with van der Waals surface area (Å²) in [7, 11) is 0. The van der Waals surface area contributed by atoms with E-state index < -0.39 is 23.9 Å². The third-order valence-electron chi connectivity index (χ3n) is 4.07. The molecule has 0 saturated carbocycles. The summed E-state index contributed by atoms with van der Waals surface area (Å²) in [6, 6.07) is 10.5. The molecule has 3 rings (SSSR count). The predicted molar refractivity (Wildman–Crippen MR) is 89.7 cm³/mol. The Labute approximate surface area is 153 Å². The van der Waals surface area contributed by atoms with Crippen molar-refractivity contribution in [3.05, 3.63) is 59.3 Å². The Hall–Kier alpha value is -3.12. The van der Waals surface area contributed by atoms with Gasteiger partial charge >= 0.3 is 12.2 Å². The van der Waals surface area contributed by atoms with Crippen LogP contribution in [0.25, 0.3) is 0 Å². The van der Waals surface area contributed by atoms with Gasteiger partial charge in [0.1, 0.15) is 11.9 Å². The Bertz CT molecular complexity index is 862.